The van der Waals surface area contributed by atoms with Crippen molar-refractivity contribution in [1.82, 2.24) is 30.0 Å². The van der Waals surface area contributed by atoms with E-state index in [0.717, 1.165) is 60.6 Å². The first-order chi connectivity index (χ1) is 18.1. The number of hydrogen-bond donors (Lipinski definition) is 1. The van der Waals surface area contributed by atoms with Crippen molar-refractivity contribution in [2.24, 2.45) is 13.0 Å². The number of anilines is 1. The van der Waals surface area contributed by atoms with Gasteiger partial charge in [-0.2, -0.15) is 0 Å². The molecule has 0 bridgehead atoms. The fourth-order valence-electron chi connectivity index (χ4n) is 6.33. The van der Waals surface area contributed by atoms with Crippen LogP contribution in [0.3, 0.4) is 0 Å². The van der Waals surface area contributed by atoms with Gasteiger partial charge in [0.2, 0.25) is 0 Å². The lowest BCUT2D eigenvalue weighted by Gasteiger charge is -2.33. The molecule has 0 radical (unpaired) electrons. The number of rotatable bonds is 4. The summed E-state index contributed by atoms with van der Waals surface area (Å²) in [5.41, 5.74) is 13.6. The molecule has 0 spiro atoms. The fraction of sp³-hybridized carbons (Fsp3) is 0.345. The van der Waals surface area contributed by atoms with Gasteiger partial charge in [0, 0.05) is 51.0 Å². The van der Waals surface area contributed by atoms with E-state index in [1.807, 2.05) is 24.9 Å². The van der Waals surface area contributed by atoms with Gasteiger partial charge in [-0.25, -0.2) is 10.1 Å². The minimum atomic E-state index is 0.172. The van der Waals surface area contributed by atoms with E-state index in [1.54, 1.807) is 0 Å². The molecule has 0 aliphatic carbocycles. The van der Waals surface area contributed by atoms with Crippen LogP contribution < -0.4 is 10.4 Å². The number of aryl methyl sites for hydroxylation is 2. The van der Waals surface area contributed by atoms with Gasteiger partial charge in [-0.3, -0.25) is 4.98 Å². The van der Waals surface area contributed by atoms with Crippen LogP contribution in [0.4, 0.5) is 5.69 Å². The quantitative estimate of drug-likeness (QED) is 0.389. The Kier molecular flexibility index (Phi) is 5.26. The van der Waals surface area contributed by atoms with Crippen LogP contribution in [0.25, 0.3) is 33.2 Å². The summed E-state index contributed by atoms with van der Waals surface area (Å²) in [5.74, 6) is 0.461. The van der Waals surface area contributed by atoms with E-state index in [4.69, 9.17) is 9.72 Å². The van der Waals surface area contributed by atoms with Crippen LogP contribution in [-0.2, 0) is 18.3 Å². The van der Waals surface area contributed by atoms with E-state index < -0.39 is 0 Å². The highest BCUT2D eigenvalue weighted by Gasteiger charge is 2.31. The van der Waals surface area contributed by atoms with Crippen LogP contribution in [0.1, 0.15) is 35.7 Å². The van der Waals surface area contributed by atoms with Gasteiger partial charge in [-0.15, -0.1) is 5.10 Å². The van der Waals surface area contributed by atoms with Crippen molar-refractivity contribution in [1.29, 1.82) is 0 Å². The molecule has 0 amide bonds. The first kappa shape index (κ1) is 22.4. The maximum atomic E-state index is 5.79. The van der Waals surface area contributed by atoms with Gasteiger partial charge < -0.3 is 14.3 Å². The minimum Gasteiger partial charge on any atom is -0.381 e. The van der Waals surface area contributed by atoms with Gasteiger partial charge in [0.25, 0.3) is 0 Å². The molecule has 3 aromatic heterocycles. The first-order valence-electron chi connectivity index (χ1n) is 13.0. The molecule has 5 aromatic rings. The zero-order valence-electron chi connectivity index (χ0n) is 21.5. The normalized spacial score (nSPS) is 17.1. The molecule has 1 saturated heterocycles. The highest BCUT2D eigenvalue weighted by Crippen LogP contribution is 2.43. The number of fused-ring (bicyclic) bond motifs is 4. The Morgan fingerprint density at radius 3 is 2.59 bits per heavy atom. The first-order valence-corrected chi connectivity index (χ1v) is 13.0. The number of ether oxygens (including phenoxy) is 1. The molecule has 8 heteroatoms. The van der Waals surface area contributed by atoms with E-state index in [-0.39, 0.29) is 6.04 Å². The van der Waals surface area contributed by atoms with E-state index in [1.165, 1.54) is 27.7 Å². The van der Waals surface area contributed by atoms with Gasteiger partial charge in [-0.05, 0) is 55.0 Å². The summed E-state index contributed by atoms with van der Waals surface area (Å²) >= 11 is 0. The summed E-state index contributed by atoms with van der Waals surface area (Å²) in [6.07, 6.45) is 4.04. The fourth-order valence-corrected chi connectivity index (χ4v) is 6.33. The van der Waals surface area contributed by atoms with E-state index >= 15 is 0 Å². The van der Waals surface area contributed by atoms with Gasteiger partial charge in [0.05, 0.1) is 39.7 Å². The molecule has 5 heterocycles. The van der Waals surface area contributed by atoms with Crippen molar-refractivity contribution in [3.63, 3.8) is 0 Å². The van der Waals surface area contributed by atoms with Gasteiger partial charge >= 0.3 is 0 Å². The Morgan fingerprint density at radius 2 is 1.84 bits per heavy atom. The summed E-state index contributed by atoms with van der Waals surface area (Å²) in [7, 11) is 4.03. The summed E-state index contributed by atoms with van der Waals surface area (Å²) in [5, 5.41) is 11.9. The third kappa shape index (κ3) is 3.54. The van der Waals surface area contributed by atoms with Gasteiger partial charge in [-0.1, -0.05) is 35.5 Å². The lowest BCUT2D eigenvalue weighted by atomic mass is 9.86. The number of pyridine rings is 1. The summed E-state index contributed by atoms with van der Waals surface area (Å²) in [6, 6.07) is 18.1. The molecule has 7 rings (SSSR count). The van der Waals surface area contributed by atoms with Crippen LogP contribution >= 0.6 is 0 Å². The predicted octanol–water partition coefficient (Wildman–Crippen LogP) is 4.76. The second kappa shape index (κ2) is 8.68. The lowest BCUT2D eigenvalue weighted by molar-refractivity contribution is 0.0553. The molecule has 1 atom stereocenters. The number of hydrogen-bond acceptors (Lipinski definition) is 6. The largest absolute Gasteiger partial charge is 0.381 e. The molecule has 1 N–H and O–H groups in total. The number of aromatic nitrogens is 5. The van der Waals surface area contributed by atoms with Crippen molar-refractivity contribution >= 4 is 27.6 Å². The Bertz CT molecular complexity index is 1590. The molecular formula is C29H31N7O. The summed E-state index contributed by atoms with van der Waals surface area (Å²) < 4.78 is 10.2. The molecule has 2 aliphatic rings. The van der Waals surface area contributed by atoms with Crippen LogP contribution in [-0.4, -0.2) is 44.8 Å². The van der Waals surface area contributed by atoms with Crippen molar-refractivity contribution < 1.29 is 4.74 Å². The van der Waals surface area contributed by atoms with Crippen molar-refractivity contribution in [3.05, 3.63) is 71.5 Å². The van der Waals surface area contributed by atoms with Crippen LogP contribution in [0.5, 0.6) is 0 Å². The third-order valence-corrected chi connectivity index (χ3v) is 8.11. The molecule has 2 aromatic carbocycles. The zero-order chi connectivity index (χ0) is 25.1. The average molecular weight is 494 g/mol. The summed E-state index contributed by atoms with van der Waals surface area (Å²) in [6.45, 7) is 4.44. The topological polar surface area (TPSA) is 73.0 Å². The van der Waals surface area contributed by atoms with Crippen LogP contribution in [0.15, 0.2) is 54.7 Å². The molecular weight excluding hydrogens is 462 g/mol. The second-order valence-corrected chi connectivity index (χ2v) is 10.3. The number of hydrazine groups is 1. The zero-order valence-corrected chi connectivity index (χ0v) is 21.5. The monoisotopic (exact) mass is 493 g/mol. The molecule has 1 fully saturated rings. The molecule has 0 unspecified atom stereocenters. The SMILES string of the molecule is Cc1nnn(C)c1-c1cnc2c3cc4c(cc3n([C@H](c3ccccc3)C3CCOCC3)c2c1)N(C)NC4. The molecule has 37 heavy (non-hydrogen) atoms. The maximum absolute atomic E-state index is 5.79. The number of nitrogens with one attached hydrogen (secondary N) is 1. The van der Waals surface area contributed by atoms with Crippen molar-refractivity contribution in [2.45, 2.75) is 32.4 Å². The Morgan fingerprint density at radius 1 is 1.03 bits per heavy atom. The Labute approximate surface area is 215 Å². The van der Waals surface area contributed by atoms with Gasteiger partial charge in [0.15, 0.2) is 0 Å². The Hall–Kier alpha value is -3.75. The molecule has 188 valence electrons. The lowest BCUT2D eigenvalue weighted by Crippen LogP contribution is -2.27. The molecule has 2 aliphatic heterocycles. The third-order valence-electron chi connectivity index (χ3n) is 8.11. The highest BCUT2D eigenvalue weighted by molar-refractivity contribution is 6.08. The van der Waals surface area contributed by atoms with Gasteiger partial charge in [0.1, 0.15) is 0 Å². The smallest absolute Gasteiger partial charge is 0.0960 e. The maximum Gasteiger partial charge on any atom is 0.0960 e. The predicted molar refractivity (Wildman–Crippen MR) is 145 cm³/mol. The van der Waals surface area contributed by atoms with Crippen LogP contribution in [0, 0.1) is 12.8 Å². The van der Waals surface area contributed by atoms with Crippen molar-refractivity contribution in [2.75, 3.05) is 25.3 Å². The van der Waals surface area contributed by atoms with E-state index in [9.17, 15) is 0 Å². The standard InChI is InChI=1S/C29H31N7O/c1-18-28(35(3)33-32-18)22-14-26-27(30-16-22)23-13-21-17-31-34(2)24(21)15-25(23)36(26)29(19-7-5-4-6-8-19)20-9-11-37-12-10-20/h4-8,13-16,20,29,31H,9-12,17H2,1-3H3/t29-/m1/s1. The second-order valence-electron chi connectivity index (χ2n) is 10.3. The average Bonchev–Trinajstić information content (AvgIpc) is 3.57. The van der Waals surface area contributed by atoms with Crippen molar-refractivity contribution in [3.8, 4) is 11.3 Å². The minimum absolute atomic E-state index is 0.172. The summed E-state index contributed by atoms with van der Waals surface area (Å²) in [4.78, 5) is 5.09. The van der Waals surface area contributed by atoms with Crippen LogP contribution in [0.2, 0.25) is 0 Å². The Balaban J connectivity index is 1.56. The molecule has 8 nitrogen and oxygen atoms in total. The van der Waals surface area contributed by atoms with E-state index in [2.05, 4.69) is 80.9 Å². The van der Waals surface area contributed by atoms with E-state index in [0.29, 0.717) is 5.92 Å². The number of nitrogens with zero attached hydrogens (tertiary/aromatic N) is 6. The number of benzene rings is 2. The molecule has 0 saturated carbocycles. The highest BCUT2D eigenvalue weighted by atomic mass is 16.5.